The van der Waals surface area contributed by atoms with Crippen LogP contribution in [0.25, 0.3) is 0 Å². The number of nitrogens with one attached hydrogen (secondary N) is 1. The second kappa shape index (κ2) is 7.85. The quantitative estimate of drug-likeness (QED) is 0.491. The molecule has 0 aromatic carbocycles. The van der Waals surface area contributed by atoms with Crippen molar-refractivity contribution < 1.29 is 23.9 Å². The van der Waals surface area contributed by atoms with Crippen LogP contribution in [0, 0.1) is 0 Å². The highest BCUT2D eigenvalue weighted by Crippen LogP contribution is 2.07. The molecule has 1 N–H and O–H groups in total. The molecule has 1 fully saturated rings. The van der Waals surface area contributed by atoms with E-state index in [4.69, 9.17) is 9.47 Å². The van der Waals surface area contributed by atoms with Crippen LogP contribution in [0.2, 0.25) is 0 Å². The molecule has 1 amide bonds. The number of carbonyl (C=O) groups is 3. The number of nitrogens with zero attached hydrogens (tertiary/aromatic N) is 1. The van der Waals surface area contributed by atoms with E-state index >= 15 is 0 Å². The van der Waals surface area contributed by atoms with Crippen LogP contribution in [0.5, 0.6) is 0 Å². The minimum Gasteiger partial charge on any atom is -0.466 e. The Morgan fingerprint density at radius 1 is 1.42 bits per heavy atom. The number of morpholine rings is 1. The lowest BCUT2D eigenvalue weighted by molar-refractivity contribution is -0.146. The Kier molecular flexibility index (Phi) is 6.44. The summed E-state index contributed by atoms with van der Waals surface area (Å²) < 4.78 is 9.95. The second-order valence-electron chi connectivity index (χ2n) is 4.20. The van der Waals surface area contributed by atoms with Gasteiger partial charge < -0.3 is 14.8 Å². The molecule has 7 nitrogen and oxygen atoms in total. The Morgan fingerprint density at radius 3 is 2.79 bits per heavy atom. The predicted molar refractivity (Wildman–Crippen MR) is 66.5 cm³/mol. The summed E-state index contributed by atoms with van der Waals surface area (Å²) in [5.74, 6) is -0.977. The van der Waals surface area contributed by atoms with Crippen molar-refractivity contribution in [1.29, 1.82) is 0 Å². The number of esters is 1. The summed E-state index contributed by atoms with van der Waals surface area (Å²) >= 11 is 0. The van der Waals surface area contributed by atoms with Crippen LogP contribution in [0.4, 0.5) is 0 Å². The van der Waals surface area contributed by atoms with E-state index in [2.05, 4.69) is 5.32 Å². The van der Waals surface area contributed by atoms with Crippen LogP contribution in [0.1, 0.15) is 13.3 Å². The number of hydrogen-bond acceptors (Lipinski definition) is 6. The number of likely N-dealkylation sites (N-methyl/N-ethyl adjacent to an activating group) is 1. The van der Waals surface area contributed by atoms with Crippen molar-refractivity contribution in [2.75, 3.05) is 40.0 Å². The van der Waals surface area contributed by atoms with Crippen LogP contribution in [-0.4, -0.2) is 68.6 Å². The van der Waals surface area contributed by atoms with Gasteiger partial charge in [-0.15, -0.1) is 0 Å². The Labute approximate surface area is 112 Å². The molecule has 0 bridgehead atoms. The maximum absolute atomic E-state index is 11.7. The van der Waals surface area contributed by atoms with E-state index in [-0.39, 0.29) is 37.9 Å². The molecular formula is C12H20N2O5. The molecule has 108 valence electrons. The molecule has 19 heavy (non-hydrogen) atoms. The van der Waals surface area contributed by atoms with E-state index in [9.17, 15) is 14.4 Å². The number of hydrogen-bond donors (Lipinski definition) is 1. The second-order valence-corrected chi connectivity index (χ2v) is 4.20. The van der Waals surface area contributed by atoms with E-state index in [1.54, 1.807) is 11.8 Å². The first-order valence-electron chi connectivity index (χ1n) is 6.29. The normalized spacial score (nSPS) is 19.8. The fraction of sp³-hybridized carbons (Fsp3) is 0.750. The highest BCUT2D eigenvalue weighted by atomic mass is 16.5. The third kappa shape index (κ3) is 4.96. The van der Waals surface area contributed by atoms with Crippen molar-refractivity contribution >= 4 is 17.7 Å². The minimum atomic E-state index is -0.530. The van der Waals surface area contributed by atoms with Gasteiger partial charge in [-0.1, -0.05) is 0 Å². The largest absolute Gasteiger partial charge is 0.466 e. The van der Waals surface area contributed by atoms with Crippen molar-refractivity contribution in [1.82, 2.24) is 10.2 Å². The summed E-state index contributed by atoms with van der Waals surface area (Å²) in [6, 6.07) is -0.482. The van der Waals surface area contributed by atoms with Crippen molar-refractivity contribution in [2.24, 2.45) is 0 Å². The van der Waals surface area contributed by atoms with E-state index in [1.807, 2.05) is 0 Å². The Bertz CT molecular complexity index is 345. The predicted octanol–water partition coefficient (Wildman–Crippen LogP) is -1.04. The average molecular weight is 272 g/mol. The van der Waals surface area contributed by atoms with E-state index in [0.717, 1.165) is 0 Å². The Morgan fingerprint density at radius 2 is 2.16 bits per heavy atom. The van der Waals surface area contributed by atoms with E-state index in [1.165, 1.54) is 7.05 Å². The van der Waals surface area contributed by atoms with Gasteiger partial charge in [-0.2, -0.15) is 0 Å². The number of rotatable bonds is 6. The number of carbonyl (C=O) groups excluding carboxylic acids is 3. The number of amides is 1. The molecule has 1 saturated heterocycles. The van der Waals surface area contributed by atoms with Gasteiger partial charge in [0, 0.05) is 13.6 Å². The Balaban J connectivity index is 2.50. The van der Waals surface area contributed by atoms with Gasteiger partial charge in [0.1, 0.15) is 12.5 Å². The first kappa shape index (κ1) is 15.6. The van der Waals surface area contributed by atoms with Gasteiger partial charge in [0.05, 0.1) is 26.4 Å². The zero-order valence-electron chi connectivity index (χ0n) is 11.3. The number of ether oxygens (including phenoxy) is 2. The van der Waals surface area contributed by atoms with Gasteiger partial charge in [0.2, 0.25) is 5.91 Å². The summed E-state index contributed by atoms with van der Waals surface area (Å²) in [6.45, 7) is 3.22. The van der Waals surface area contributed by atoms with Gasteiger partial charge in [-0.3, -0.25) is 19.3 Å². The standard InChI is InChI=1S/C12H20N2O5/c1-3-19-11(16)6-9(15)7-14-4-5-18-8-10(14)12(17)13-2/h10H,3-8H2,1-2H3,(H,13,17). The SMILES string of the molecule is CCOC(=O)CC(=O)CN1CCOCC1C(=O)NC. The van der Waals surface area contributed by atoms with Crippen LogP contribution >= 0.6 is 0 Å². The molecule has 0 saturated carbocycles. The van der Waals surface area contributed by atoms with Gasteiger partial charge in [0.25, 0.3) is 0 Å². The molecule has 7 heteroatoms. The van der Waals surface area contributed by atoms with Crippen LogP contribution in [-0.2, 0) is 23.9 Å². The van der Waals surface area contributed by atoms with Crippen molar-refractivity contribution in [3.05, 3.63) is 0 Å². The smallest absolute Gasteiger partial charge is 0.313 e. The molecule has 0 spiro atoms. The van der Waals surface area contributed by atoms with Crippen molar-refractivity contribution in [3.8, 4) is 0 Å². The third-order valence-corrected chi connectivity index (χ3v) is 2.81. The number of Topliss-reactive ketones (excluding diaryl/α,β-unsaturated/α-hetero) is 1. The minimum absolute atomic E-state index is 0.0558. The van der Waals surface area contributed by atoms with Crippen LogP contribution < -0.4 is 5.32 Å². The van der Waals surface area contributed by atoms with E-state index in [0.29, 0.717) is 13.2 Å². The summed E-state index contributed by atoms with van der Waals surface area (Å²) in [4.78, 5) is 36.3. The molecule has 0 aliphatic carbocycles. The average Bonchev–Trinajstić information content (AvgIpc) is 2.38. The lowest BCUT2D eigenvalue weighted by Crippen LogP contribution is -2.54. The summed E-state index contributed by atoms with van der Waals surface area (Å²) in [5, 5.41) is 2.54. The molecule has 1 aliphatic heterocycles. The third-order valence-electron chi connectivity index (χ3n) is 2.81. The fourth-order valence-electron chi connectivity index (χ4n) is 1.89. The lowest BCUT2D eigenvalue weighted by atomic mass is 10.1. The highest BCUT2D eigenvalue weighted by Gasteiger charge is 2.30. The maximum atomic E-state index is 11.7. The highest BCUT2D eigenvalue weighted by molar-refractivity contribution is 5.97. The van der Waals surface area contributed by atoms with Gasteiger partial charge >= 0.3 is 5.97 Å². The molecular weight excluding hydrogens is 252 g/mol. The van der Waals surface area contributed by atoms with Crippen molar-refractivity contribution in [3.63, 3.8) is 0 Å². The summed E-state index contributed by atoms with van der Waals surface area (Å²) in [5.41, 5.74) is 0. The summed E-state index contributed by atoms with van der Waals surface area (Å²) in [7, 11) is 1.54. The van der Waals surface area contributed by atoms with Gasteiger partial charge in [-0.05, 0) is 6.92 Å². The van der Waals surface area contributed by atoms with E-state index < -0.39 is 12.0 Å². The maximum Gasteiger partial charge on any atom is 0.313 e. The lowest BCUT2D eigenvalue weighted by Gasteiger charge is -2.33. The molecule has 1 rings (SSSR count). The topological polar surface area (TPSA) is 84.9 Å². The summed E-state index contributed by atoms with van der Waals surface area (Å²) in [6.07, 6.45) is -0.258. The molecule has 1 aliphatic rings. The first-order chi connectivity index (χ1) is 9.08. The van der Waals surface area contributed by atoms with Gasteiger partial charge in [-0.25, -0.2) is 0 Å². The zero-order chi connectivity index (χ0) is 14.3. The zero-order valence-corrected chi connectivity index (χ0v) is 11.3. The Hall–Kier alpha value is -1.47. The first-order valence-corrected chi connectivity index (χ1v) is 6.29. The fourth-order valence-corrected chi connectivity index (χ4v) is 1.89. The molecule has 0 aromatic heterocycles. The molecule has 0 aromatic rings. The van der Waals surface area contributed by atoms with Crippen molar-refractivity contribution in [2.45, 2.75) is 19.4 Å². The molecule has 1 heterocycles. The van der Waals surface area contributed by atoms with Crippen LogP contribution in [0.3, 0.4) is 0 Å². The molecule has 1 unspecified atom stereocenters. The van der Waals surface area contributed by atoms with Gasteiger partial charge in [0.15, 0.2) is 5.78 Å². The number of ketones is 1. The molecule has 1 atom stereocenters. The monoisotopic (exact) mass is 272 g/mol. The van der Waals surface area contributed by atoms with Crippen LogP contribution in [0.15, 0.2) is 0 Å². The molecule has 0 radical (unpaired) electrons.